The van der Waals surface area contributed by atoms with Crippen LogP contribution in [-0.2, 0) is 4.79 Å². The van der Waals surface area contributed by atoms with Crippen molar-refractivity contribution in [1.82, 2.24) is 0 Å². The Morgan fingerprint density at radius 2 is 2.55 bits per heavy atom. The van der Waals surface area contributed by atoms with Crippen molar-refractivity contribution in [2.75, 3.05) is 6.54 Å². The molecule has 0 radical (unpaired) electrons. The highest BCUT2D eigenvalue weighted by Gasteiger charge is 2.12. The van der Waals surface area contributed by atoms with Gasteiger partial charge in [0.1, 0.15) is 0 Å². The average molecular weight is 169 g/mol. The first-order chi connectivity index (χ1) is 8.98. The van der Waals surface area contributed by atoms with Crippen molar-refractivity contribution in [2.24, 2.45) is 17.5 Å². The maximum Gasteiger partial charge on any atom is 0.303 e. The van der Waals surface area contributed by atoms with E-state index in [4.69, 9.17) is 24.5 Å². The maximum atomic E-state index is 10.8. The van der Waals surface area contributed by atoms with Gasteiger partial charge in [0.05, 0.1) is 0 Å². The fourth-order valence-corrected chi connectivity index (χ4v) is 0.527. The topological polar surface area (TPSA) is 63.3 Å². The predicted octanol–water partition coefficient (Wildman–Crippen LogP) is 1.08. The molecule has 11 heavy (non-hydrogen) atoms. The Labute approximate surface area is 81.6 Å². The molecule has 0 aliphatic rings. The van der Waals surface area contributed by atoms with E-state index in [0.717, 1.165) is 0 Å². The van der Waals surface area contributed by atoms with Crippen molar-refractivity contribution < 1.29 is 23.6 Å². The van der Waals surface area contributed by atoms with E-state index in [1.807, 2.05) is 0 Å². The molecule has 3 nitrogen and oxygen atoms in total. The van der Waals surface area contributed by atoms with Crippen LogP contribution in [0.3, 0.4) is 0 Å². The molecular weight excluding hydrogens is 142 g/mol. The van der Waals surface area contributed by atoms with Crippen LogP contribution in [0.25, 0.3) is 0 Å². The SMILES string of the molecule is [2H]C([2H])([2H])C([2H])(C([2H])([2H])[2H])C([2H])([2H])C([2H])(CN)CC(=O)O. The van der Waals surface area contributed by atoms with Crippen LogP contribution in [0, 0.1) is 11.8 Å². The standard InChI is InChI=1S/C8H17NO2/c1-6(2)3-7(5-9)4-8(10)11/h6-7H,3-5,9H2,1-2H3,(H,10,11)/i1D3,2D3,3D2,6D,7D. The smallest absolute Gasteiger partial charge is 0.303 e. The first-order valence-corrected chi connectivity index (χ1v) is 2.90. The van der Waals surface area contributed by atoms with Crippen LogP contribution in [0.5, 0.6) is 0 Å². The lowest BCUT2D eigenvalue weighted by atomic mass is 9.94. The number of hydrogen-bond donors (Lipinski definition) is 2. The monoisotopic (exact) mass is 169 g/mol. The molecule has 0 aliphatic heterocycles. The van der Waals surface area contributed by atoms with Gasteiger partial charge in [0.15, 0.2) is 0 Å². The van der Waals surface area contributed by atoms with Gasteiger partial charge < -0.3 is 10.8 Å². The van der Waals surface area contributed by atoms with Crippen molar-refractivity contribution in [3.8, 4) is 0 Å². The lowest BCUT2D eigenvalue weighted by Crippen LogP contribution is -2.19. The predicted molar refractivity (Wildman–Crippen MR) is 44.3 cm³/mol. The Morgan fingerprint density at radius 3 is 2.91 bits per heavy atom. The van der Waals surface area contributed by atoms with Gasteiger partial charge in [-0.05, 0) is 24.7 Å². The zero-order valence-electron chi connectivity index (χ0n) is 15.8. The molecule has 3 heteroatoms. The number of nitrogens with two attached hydrogens (primary N) is 1. The van der Waals surface area contributed by atoms with Gasteiger partial charge >= 0.3 is 5.97 Å². The third kappa shape index (κ3) is 5.85. The van der Waals surface area contributed by atoms with Crippen molar-refractivity contribution in [2.45, 2.75) is 26.5 Å². The number of carboxylic acid groups (broad SMARTS) is 1. The van der Waals surface area contributed by atoms with Crippen LogP contribution in [0.1, 0.15) is 40.2 Å². The van der Waals surface area contributed by atoms with Crippen molar-refractivity contribution in [1.29, 1.82) is 0 Å². The summed E-state index contributed by atoms with van der Waals surface area (Å²) in [6.45, 7) is -8.21. The van der Waals surface area contributed by atoms with Gasteiger partial charge in [-0.25, -0.2) is 0 Å². The summed E-state index contributed by atoms with van der Waals surface area (Å²) in [5.74, 6) is -8.15. The summed E-state index contributed by atoms with van der Waals surface area (Å²) >= 11 is 0. The minimum Gasteiger partial charge on any atom is -0.481 e. The Balaban J connectivity index is 6.30. The van der Waals surface area contributed by atoms with Crippen LogP contribution >= 0.6 is 0 Å². The van der Waals surface area contributed by atoms with Crippen LogP contribution < -0.4 is 5.73 Å². The zero-order valence-corrected chi connectivity index (χ0v) is 5.85. The van der Waals surface area contributed by atoms with E-state index in [1.54, 1.807) is 0 Å². The van der Waals surface area contributed by atoms with Crippen LogP contribution in [-0.4, -0.2) is 17.6 Å². The highest BCUT2D eigenvalue weighted by atomic mass is 16.4. The van der Waals surface area contributed by atoms with E-state index in [0.29, 0.717) is 0 Å². The molecule has 3 N–H and O–H groups in total. The average Bonchev–Trinajstić information content (AvgIpc) is 2.23. The highest BCUT2D eigenvalue weighted by Crippen LogP contribution is 2.13. The number of carboxylic acids is 1. The van der Waals surface area contributed by atoms with E-state index in [1.165, 1.54) is 0 Å². The lowest BCUT2D eigenvalue weighted by molar-refractivity contribution is -0.138. The first kappa shape index (κ1) is 2.46. The maximum absolute atomic E-state index is 10.8. The van der Waals surface area contributed by atoms with E-state index >= 15 is 0 Å². The molecule has 0 aromatic carbocycles. The molecule has 1 unspecified atom stereocenters. The fraction of sp³-hybridized carbons (Fsp3) is 0.875. The number of aliphatic carboxylic acids is 1. The van der Waals surface area contributed by atoms with Crippen molar-refractivity contribution in [3.05, 3.63) is 0 Å². The van der Waals surface area contributed by atoms with Gasteiger partial charge in [0, 0.05) is 20.1 Å². The molecule has 1 atom stereocenters. The zero-order chi connectivity index (χ0) is 17.5. The molecule has 66 valence electrons. The van der Waals surface area contributed by atoms with Gasteiger partial charge in [-0.3, -0.25) is 4.79 Å². The molecule has 0 heterocycles. The molecule has 0 saturated heterocycles. The van der Waals surface area contributed by atoms with Gasteiger partial charge in [0.2, 0.25) is 0 Å². The van der Waals surface area contributed by atoms with Crippen molar-refractivity contribution >= 4 is 5.97 Å². The molecule has 0 aromatic heterocycles. The van der Waals surface area contributed by atoms with Crippen LogP contribution in [0.2, 0.25) is 0 Å². The molecular formula is C8H17NO2. The number of hydrogen-bond acceptors (Lipinski definition) is 2. The summed E-state index contributed by atoms with van der Waals surface area (Å²) in [6.07, 6.45) is -4.77. The second-order valence-corrected chi connectivity index (χ2v) is 1.88. The summed E-state index contributed by atoms with van der Waals surface area (Å²) in [5, 5.41) is 8.73. The van der Waals surface area contributed by atoms with Gasteiger partial charge in [-0.1, -0.05) is 13.7 Å². The number of carbonyl (C=O) groups is 1. The Kier molecular flexibility index (Phi) is 1.15. The molecule has 0 bridgehead atoms. The van der Waals surface area contributed by atoms with Gasteiger partial charge in [-0.15, -0.1) is 0 Å². The van der Waals surface area contributed by atoms with Crippen molar-refractivity contribution in [3.63, 3.8) is 0 Å². The summed E-state index contributed by atoms with van der Waals surface area (Å²) in [7, 11) is 0. The van der Waals surface area contributed by atoms with Crippen LogP contribution in [0.15, 0.2) is 0 Å². The van der Waals surface area contributed by atoms with E-state index in [2.05, 4.69) is 0 Å². The summed E-state index contributed by atoms with van der Waals surface area (Å²) < 4.78 is 74.4. The molecule has 0 saturated carbocycles. The lowest BCUT2D eigenvalue weighted by Gasteiger charge is -2.13. The minimum atomic E-state index is -3.70. The molecule has 0 spiro atoms. The number of rotatable bonds is 5. The largest absolute Gasteiger partial charge is 0.481 e. The van der Waals surface area contributed by atoms with Gasteiger partial charge in [-0.2, -0.15) is 0 Å². The van der Waals surface area contributed by atoms with E-state index < -0.39 is 50.8 Å². The third-order valence-corrected chi connectivity index (χ3v) is 0.913. The second-order valence-electron chi connectivity index (χ2n) is 1.88. The van der Waals surface area contributed by atoms with E-state index in [9.17, 15) is 4.79 Å². The summed E-state index contributed by atoms with van der Waals surface area (Å²) in [5.41, 5.74) is 5.18. The van der Waals surface area contributed by atoms with Gasteiger partial charge in [0.25, 0.3) is 0 Å². The molecule has 0 aliphatic carbocycles. The molecule has 0 rings (SSSR count). The minimum absolute atomic E-state index is 0.959. The Morgan fingerprint density at radius 1 is 1.91 bits per heavy atom. The van der Waals surface area contributed by atoms with Crippen LogP contribution in [0.4, 0.5) is 0 Å². The molecule has 0 amide bonds. The highest BCUT2D eigenvalue weighted by molar-refractivity contribution is 5.67. The molecule has 0 fully saturated rings. The van der Waals surface area contributed by atoms with E-state index in [-0.39, 0.29) is 0 Å². The quantitative estimate of drug-likeness (QED) is 0.647. The summed E-state index contributed by atoms with van der Waals surface area (Å²) in [6, 6.07) is 0. The first-order valence-electron chi connectivity index (χ1n) is 7.90. The summed E-state index contributed by atoms with van der Waals surface area (Å²) in [4.78, 5) is 10.8. The normalized spacial score (nSPS) is 34.3. The fourth-order valence-electron chi connectivity index (χ4n) is 0.527. The Hall–Kier alpha value is -0.570. The third-order valence-electron chi connectivity index (χ3n) is 0.913. The Bertz CT molecular complexity index is 389. The second kappa shape index (κ2) is 5.13. The molecule has 0 aromatic rings.